The van der Waals surface area contributed by atoms with Crippen LogP contribution in [-0.4, -0.2) is 11.1 Å². The Balaban J connectivity index is 2.18. The lowest BCUT2D eigenvalue weighted by molar-refractivity contribution is 0.210. The van der Waals surface area contributed by atoms with Gasteiger partial charge in [0, 0.05) is 5.56 Å². The standard InChI is InChI=1S/C20H22N2O/c1-17(2)15-20(14-13-18-9-5-3-6-10-18)22(21-23)16-19-11-7-4-8-12-19/h3-12,17,20H,15-16H2,1-2H3. The highest BCUT2D eigenvalue weighted by atomic mass is 16.3. The molecule has 0 saturated heterocycles. The summed E-state index contributed by atoms with van der Waals surface area (Å²) in [5, 5.41) is 4.78. The normalized spacial score (nSPS) is 11.4. The zero-order valence-electron chi connectivity index (χ0n) is 13.6. The van der Waals surface area contributed by atoms with E-state index < -0.39 is 0 Å². The summed E-state index contributed by atoms with van der Waals surface area (Å²) in [6, 6.07) is 19.5. The van der Waals surface area contributed by atoms with Crippen molar-refractivity contribution in [1.82, 2.24) is 5.01 Å². The molecule has 0 aromatic heterocycles. The van der Waals surface area contributed by atoms with Crippen molar-refractivity contribution in [3.63, 3.8) is 0 Å². The molecular weight excluding hydrogens is 284 g/mol. The Kier molecular flexibility index (Phi) is 6.38. The molecule has 23 heavy (non-hydrogen) atoms. The van der Waals surface area contributed by atoms with Crippen LogP contribution < -0.4 is 0 Å². The Hall–Kier alpha value is -2.60. The van der Waals surface area contributed by atoms with Crippen LogP contribution in [0, 0.1) is 22.7 Å². The van der Waals surface area contributed by atoms with E-state index in [9.17, 15) is 4.91 Å². The number of nitrogens with zero attached hydrogens (tertiary/aromatic N) is 2. The molecule has 0 radical (unpaired) electrons. The third-order valence-electron chi connectivity index (χ3n) is 3.50. The lowest BCUT2D eigenvalue weighted by atomic mass is 10.0. The molecule has 1 atom stereocenters. The molecule has 0 bridgehead atoms. The first-order chi connectivity index (χ1) is 11.2. The minimum atomic E-state index is -0.187. The van der Waals surface area contributed by atoms with Gasteiger partial charge >= 0.3 is 0 Å². The highest BCUT2D eigenvalue weighted by molar-refractivity contribution is 5.34. The van der Waals surface area contributed by atoms with Gasteiger partial charge in [-0.15, -0.1) is 4.91 Å². The van der Waals surface area contributed by atoms with Gasteiger partial charge in [-0.1, -0.05) is 74.2 Å². The third kappa shape index (κ3) is 5.60. The van der Waals surface area contributed by atoms with Gasteiger partial charge in [0.25, 0.3) is 0 Å². The lowest BCUT2D eigenvalue weighted by Crippen LogP contribution is -2.30. The van der Waals surface area contributed by atoms with Crippen LogP contribution in [0.3, 0.4) is 0 Å². The molecule has 0 spiro atoms. The van der Waals surface area contributed by atoms with Gasteiger partial charge in [-0.3, -0.25) is 0 Å². The van der Waals surface area contributed by atoms with Gasteiger partial charge in [-0.2, -0.15) is 0 Å². The first-order valence-electron chi connectivity index (χ1n) is 7.89. The maximum Gasteiger partial charge on any atom is 0.112 e. The maximum atomic E-state index is 11.4. The van der Waals surface area contributed by atoms with Crippen molar-refractivity contribution in [1.29, 1.82) is 0 Å². The van der Waals surface area contributed by atoms with Gasteiger partial charge in [0.2, 0.25) is 0 Å². The van der Waals surface area contributed by atoms with Gasteiger partial charge in [-0.05, 0) is 30.0 Å². The number of hydrogen-bond donors (Lipinski definition) is 0. The molecule has 118 valence electrons. The van der Waals surface area contributed by atoms with Crippen molar-refractivity contribution in [2.24, 2.45) is 11.2 Å². The summed E-state index contributed by atoms with van der Waals surface area (Å²) in [6.45, 7) is 4.73. The van der Waals surface area contributed by atoms with Crippen LogP contribution in [0.5, 0.6) is 0 Å². The zero-order chi connectivity index (χ0) is 16.5. The minimum Gasteiger partial charge on any atom is -0.241 e. The molecule has 0 aliphatic heterocycles. The van der Waals surface area contributed by atoms with E-state index in [4.69, 9.17) is 0 Å². The van der Waals surface area contributed by atoms with E-state index >= 15 is 0 Å². The van der Waals surface area contributed by atoms with Gasteiger partial charge in [0.15, 0.2) is 0 Å². The molecule has 0 aliphatic carbocycles. The maximum absolute atomic E-state index is 11.4. The Bertz CT molecular complexity index is 656. The fraction of sp³-hybridized carbons (Fsp3) is 0.300. The van der Waals surface area contributed by atoms with Crippen LogP contribution in [0.2, 0.25) is 0 Å². The molecule has 2 aromatic rings. The Morgan fingerprint density at radius 1 is 1.00 bits per heavy atom. The van der Waals surface area contributed by atoms with Crippen molar-refractivity contribution in [3.8, 4) is 11.8 Å². The number of rotatable bonds is 6. The summed E-state index contributed by atoms with van der Waals surface area (Å²) in [5.74, 6) is 6.82. The molecule has 0 fully saturated rings. The summed E-state index contributed by atoms with van der Waals surface area (Å²) >= 11 is 0. The van der Waals surface area contributed by atoms with Crippen LogP contribution >= 0.6 is 0 Å². The molecule has 2 aromatic carbocycles. The third-order valence-corrected chi connectivity index (χ3v) is 3.50. The molecular formula is C20H22N2O. The predicted molar refractivity (Wildman–Crippen MR) is 94.3 cm³/mol. The quantitative estimate of drug-likeness (QED) is 0.442. The summed E-state index contributed by atoms with van der Waals surface area (Å²) in [5.41, 5.74) is 2.01. The average Bonchev–Trinajstić information content (AvgIpc) is 2.58. The van der Waals surface area contributed by atoms with E-state index in [-0.39, 0.29) is 6.04 Å². The average molecular weight is 306 g/mol. The van der Waals surface area contributed by atoms with Crippen molar-refractivity contribution < 1.29 is 0 Å². The first-order valence-corrected chi connectivity index (χ1v) is 7.89. The van der Waals surface area contributed by atoms with Gasteiger partial charge in [-0.25, -0.2) is 5.01 Å². The summed E-state index contributed by atoms with van der Waals surface area (Å²) in [4.78, 5) is 11.4. The van der Waals surface area contributed by atoms with E-state index in [2.05, 4.69) is 31.0 Å². The largest absolute Gasteiger partial charge is 0.241 e. The van der Waals surface area contributed by atoms with E-state index in [1.807, 2.05) is 60.7 Å². The van der Waals surface area contributed by atoms with Gasteiger partial charge < -0.3 is 0 Å². The van der Waals surface area contributed by atoms with E-state index in [1.165, 1.54) is 0 Å². The highest BCUT2D eigenvalue weighted by Crippen LogP contribution is 2.15. The lowest BCUT2D eigenvalue weighted by Gasteiger charge is -2.23. The van der Waals surface area contributed by atoms with Crippen LogP contribution in [0.4, 0.5) is 0 Å². The molecule has 2 rings (SSSR count). The zero-order valence-corrected chi connectivity index (χ0v) is 13.6. The SMILES string of the molecule is CC(C)CC(C#Cc1ccccc1)N(Cc1ccccc1)N=O. The Morgan fingerprint density at radius 3 is 2.17 bits per heavy atom. The summed E-state index contributed by atoms with van der Waals surface area (Å²) in [7, 11) is 0. The summed E-state index contributed by atoms with van der Waals surface area (Å²) < 4.78 is 0. The van der Waals surface area contributed by atoms with Gasteiger partial charge in [0.05, 0.1) is 11.8 Å². The Morgan fingerprint density at radius 2 is 1.61 bits per heavy atom. The fourth-order valence-electron chi connectivity index (χ4n) is 2.36. The van der Waals surface area contributed by atoms with Gasteiger partial charge in [0.1, 0.15) is 6.04 Å². The van der Waals surface area contributed by atoms with Crippen LogP contribution in [-0.2, 0) is 6.54 Å². The number of nitroso groups, excluding NO2 is 1. The monoisotopic (exact) mass is 306 g/mol. The number of benzene rings is 2. The first kappa shape index (κ1) is 16.8. The van der Waals surface area contributed by atoms with E-state index in [0.29, 0.717) is 12.5 Å². The second kappa shape index (κ2) is 8.75. The highest BCUT2D eigenvalue weighted by Gasteiger charge is 2.17. The molecule has 0 N–H and O–H groups in total. The van der Waals surface area contributed by atoms with E-state index in [1.54, 1.807) is 5.01 Å². The fourth-order valence-corrected chi connectivity index (χ4v) is 2.36. The molecule has 3 nitrogen and oxygen atoms in total. The smallest absolute Gasteiger partial charge is 0.112 e. The van der Waals surface area contributed by atoms with Crippen LogP contribution in [0.1, 0.15) is 31.4 Å². The predicted octanol–water partition coefficient (Wildman–Crippen LogP) is 4.64. The minimum absolute atomic E-state index is 0.187. The molecule has 3 heteroatoms. The molecule has 1 unspecified atom stereocenters. The summed E-state index contributed by atoms with van der Waals surface area (Å²) in [6.07, 6.45) is 0.804. The van der Waals surface area contributed by atoms with E-state index in [0.717, 1.165) is 17.5 Å². The number of hydrogen-bond acceptors (Lipinski definition) is 2. The molecule has 0 saturated carbocycles. The second-order valence-corrected chi connectivity index (χ2v) is 5.95. The van der Waals surface area contributed by atoms with Crippen LogP contribution in [0.15, 0.2) is 65.9 Å². The molecule has 0 aliphatic rings. The molecule has 0 amide bonds. The van der Waals surface area contributed by atoms with Crippen molar-refractivity contribution in [2.45, 2.75) is 32.9 Å². The second-order valence-electron chi connectivity index (χ2n) is 5.95. The molecule has 0 heterocycles. The topological polar surface area (TPSA) is 32.7 Å². The van der Waals surface area contributed by atoms with Crippen molar-refractivity contribution in [2.75, 3.05) is 0 Å². The van der Waals surface area contributed by atoms with Crippen molar-refractivity contribution in [3.05, 3.63) is 76.7 Å². The Labute approximate surface area is 138 Å². The van der Waals surface area contributed by atoms with Crippen molar-refractivity contribution >= 4 is 0 Å². The van der Waals surface area contributed by atoms with Crippen LogP contribution in [0.25, 0.3) is 0 Å².